The van der Waals surface area contributed by atoms with Gasteiger partial charge in [0, 0.05) is 51.8 Å². The van der Waals surface area contributed by atoms with Crippen LogP contribution in [0.2, 0.25) is 5.02 Å². The summed E-state index contributed by atoms with van der Waals surface area (Å²) < 4.78 is 7.57. The molecule has 0 spiro atoms. The van der Waals surface area contributed by atoms with Crippen molar-refractivity contribution in [1.82, 2.24) is 19.8 Å². The molecule has 0 aliphatic heterocycles. The molecule has 7 heteroatoms. The molecule has 0 radical (unpaired) electrons. The van der Waals surface area contributed by atoms with Crippen LogP contribution < -0.4 is 10.1 Å². The summed E-state index contributed by atoms with van der Waals surface area (Å²) in [4.78, 5) is 10.7. The van der Waals surface area contributed by atoms with Crippen LogP contribution in [0.5, 0.6) is 5.88 Å². The first-order chi connectivity index (χ1) is 11.9. The molecule has 0 saturated carbocycles. The van der Waals surface area contributed by atoms with E-state index in [0.29, 0.717) is 19.0 Å². The van der Waals surface area contributed by atoms with Crippen molar-refractivity contribution in [2.24, 2.45) is 12.0 Å². The number of guanidine groups is 1. The largest absolute Gasteiger partial charge is 0.475 e. The maximum atomic E-state index is 6.05. The molecule has 0 saturated heterocycles. The monoisotopic (exact) mass is 363 g/mol. The number of hydrogen-bond donors (Lipinski definition) is 1. The van der Waals surface area contributed by atoms with Crippen LogP contribution in [0, 0.1) is 0 Å². The topological polar surface area (TPSA) is 54.7 Å². The van der Waals surface area contributed by atoms with Crippen LogP contribution >= 0.6 is 11.6 Å². The van der Waals surface area contributed by atoms with Crippen molar-refractivity contribution in [3.63, 3.8) is 0 Å². The zero-order valence-corrected chi connectivity index (χ0v) is 16.2. The van der Waals surface area contributed by atoms with Gasteiger partial charge in [0.15, 0.2) is 5.96 Å². The predicted octanol–water partition coefficient (Wildman–Crippen LogP) is 3.07. The molecule has 1 N–H and O–H groups in total. The number of ether oxygens (including phenoxy) is 1. The molecule has 0 atom stereocenters. The van der Waals surface area contributed by atoms with Crippen LogP contribution in [0.15, 0.2) is 35.6 Å². The Labute approximate surface area is 154 Å². The van der Waals surface area contributed by atoms with E-state index in [9.17, 15) is 0 Å². The van der Waals surface area contributed by atoms with E-state index in [4.69, 9.17) is 16.3 Å². The van der Waals surface area contributed by atoms with E-state index in [2.05, 4.69) is 20.2 Å². The fourth-order valence-electron chi connectivity index (χ4n) is 2.43. The molecule has 6 nitrogen and oxygen atoms in total. The fraction of sp³-hybridized carbons (Fsp3) is 0.444. The third-order valence-corrected chi connectivity index (χ3v) is 3.86. The SMILES string of the molecule is CN=C(NCc1ccc(OC(C)C)nc1)N(C)Cc1cc(Cl)cn1C. The quantitative estimate of drug-likeness (QED) is 0.633. The fourth-order valence-corrected chi connectivity index (χ4v) is 2.71. The summed E-state index contributed by atoms with van der Waals surface area (Å²) in [6.45, 7) is 5.32. The highest BCUT2D eigenvalue weighted by Gasteiger charge is 2.10. The highest BCUT2D eigenvalue weighted by Crippen LogP contribution is 2.14. The minimum absolute atomic E-state index is 0.120. The number of hydrogen-bond acceptors (Lipinski definition) is 3. The number of aryl methyl sites for hydroxylation is 1. The Bertz CT molecular complexity index is 709. The van der Waals surface area contributed by atoms with E-state index < -0.39 is 0 Å². The average molecular weight is 364 g/mol. The van der Waals surface area contributed by atoms with Crippen molar-refractivity contribution < 1.29 is 4.74 Å². The molecule has 0 unspecified atom stereocenters. The Morgan fingerprint density at radius 1 is 1.44 bits per heavy atom. The first-order valence-electron chi connectivity index (χ1n) is 8.23. The standard InChI is InChI=1S/C18H26ClN5O/c1-13(2)25-17-7-6-14(9-21-17)10-22-18(20-3)24(5)12-16-8-15(19)11-23(16)4/h6-9,11,13H,10,12H2,1-5H3,(H,20,22). The lowest BCUT2D eigenvalue weighted by molar-refractivity contribution is 0.232. The van der Waals surface area contributed by atoms with Gasteiger partial charge in [-0.05, 0) is 25.5 Å². The minimum atomic E-state index is 0.120. The highest BCUT2D eigenvalue weighted by molar-refractivity contribution is 6.30. The lowest BCUT2D eigenvalue weighted by Crippen LogP contribution is -2.38. The van der Waals surface area contributed by atoms with Crippen molar-refractivity contribution in [3.8, 4) is 5.88 Å². The van der Waals surface area contributed by atoms with Crippen LogP contribution in [-0.4, -0.2) is 40.6 Å². The summed E-state index contributed by atoms with van der Waals surface area (Å²) in [5, 5.41) is 4.08. The van der Waals surface area contributed by atoms with Gasteiger partial charge in [-0.1, -0.05) is 17.7 Å². The lowest BCUT2D eigenvalue weighted by Gasteiger charge is -2.22. The molecular weight excluding hydrogens is 338 g/mol. The minimum Gasteiger partial charge on any atom is -0.475 e. The summed E-state index contributed by atoms with van der Waals surface area (Å²) in [7, 11) is 5.75. The number of aromatic nitrogens is 2. The molecule has 0 fully saturated rings. The van der Waals surface area contributed by atoms with Gasteiger partial charge in [-0.15, -0.1) is 0 Å². The molecule has 2 rings (SSSR count). The zero-order valence-electron chi connectivity index (χ0n) is 15.5. The maximum Gasteiger partial charge on any atom is 0.213 e. The number of aliphatic imine (C=N–C) groups is 1. The molecule has 136 valence electrons. The smallest absolute Gasteiger partial charge is 0.213 e. The van der Waals surface area contributed by atoms with E-state index in [-0.39, 0.29) is 6.10 Å². The van der Waals surface area contributed by atoms with Gasteiger partial charge in [0.1, 0.15) is 0 Å². The number of rotatable bonds is 6. The van der Waals surface area contributed by atoms with Crippen LogP contribution in [0.3, 0.4) is 0 Å². The van der Waals surface area contributed by atoms with Gasteiger partial charge in [0.25, 0.3) is 0 Å². The average Bonchev–Trinajstić information content (AvgIpc) is 2.86. The van der Waals surface area contributed by atoms with E-state index in [0.717, 1.165) is 22.2 Å². The molecular formula is C18H26ClN5O. The van der Waals surface area contributed by atoms with Crippen molar-refractivity contribution >= 4 is 17.6 Å². The van der Waals surface area contributed by atoms with Gasteiger partial charge in [0.05, 0.1) is 17.7 Å². The Hall–Kier alpha value is -2.21. The van der Waals surface area contributed by atoms with Crippen LogP contribution in [-0.2, 0) is 20.1 Å². The van der Waals surface area contributed by atoms with Crippen molar-refractivity contribution in [2.45, 2.75) is 33.0 Å². The summed E-state index contributed by atoms with van der Waals surface area (Å²) in [6.07, 6.45) is 3.83. The molecule has 0 aromatic carbocycles. The summed E-state index contributed by atoms with van der Waals surface area (Å²) in [6, 6.07) is 5.85. The van der Waals surface area contributed by atoms with E-state index in [1.807, 2.05) is 63.1 Å². The van der Waals surface area contributed by atoms with E-state index >= 15 is 0 Å². The Morgan fingerprint density at radius 2 is 2.20 bits per heavy atom. The Morgan fingerprint density at radius 3 is 2.72 bits per heavy atom. The highest BCUT2D eigenvalue weighted by atomic mass is 35.5. The van der Waals surface area contributed by atoms with Gasteiger partial charge >= 0.3 is 0 Å². The molecule has 0 aliphatic rings. The zero-order chi connectivity index (χ0) is 18.4. The first kappa shape index (κ1) is 19.1. The first-order valence-corrected chi connectivity index (χ1v) is 8.61. The molecule has 2 aromatic rings. The molecule has 0 amide bonds. The third kappa shape index (κ3) is 5.67. The molecule has 0 bridgehead atoms. The second-order valence-corrected chi connectivity index (χ2v) is 6.63. The second-order valence-electron chi connectivity index (χ2n) is 6.19. The second kappa shape index (κ2) is 8.76. The van der Waals surface area contributed by atoms with Crippen LogP contribution in [0.25, 0.3) is 0 Å². The van der Waals surface area contributed by atoms with Gasteiger partial charge in [0.2, 0.25) is 5.88 Å². The summed E-state index contributed by atoms with van der Waals surface area (Å²) >= 11 is 6.05. The van der Waals surface area contributed by atoms with Crippen LogP contribution in [0.4, 0.5) is 0 Å². The normalized spacial score (nSPS) is 11.7. The number of pyridine rings is 1. The summed E-state index contributed by atoms with van der Waals surface area (Å²) in [5.41, 5.74) is 2.18. The third-order valence-electron chi connectivity index (χ3n) is 3.65. The number of nitrogens with zero attached hydrogens (tertiary/aromatic N) is 4. The van der Waals surface area contributed by atoms with E-state index in [1.54, 1.807) is 7.05 Å². The van der Waals surface area contributed by atoms with E-state index in [1.165, 1.54) is 0 Å². The molecule has 25 heavy (non-hydrogen) atoms. The summed E-state index contributed by atoms with van der Waals surface area (Å²) in [5.74, 6) is 1.45. The van der Waals surface area contributed by atoms with Gasteiger partial charge in [-0.3, -0.25) is 4.99 Å². The molecule has 2 heterocycles. The molecule has 2 aromatic heterocycles. The van der Waals surface area contributed by atoms with Crippen LogP contribution in [0.1, 0.15) is 25.1 Å². The predicted molar refractivity (Wildman–Crippen MR) is 102 cm³/mol. The van der Waals surface area contributed by atoms with Gasteiger partial charge < -0.3 is 19.5 Å². The Balaban J connectivity index is 1.92. The van der Waals surface area contributed by atoms with Gasteiger partial charge in [-0.2, -0.15) is 0 Å². The maximum absolute atomic E-state index is 6.05. The van der Waals surface area contributed by atoms with Gasteiger partial charge in [-0.25, -0.2) is 4.98 Å². The Kier molecular flexibility index (Phi) is 6.70. The molecule has 0 aliphatic carbocycles. The van der Waals surface area contributed by atoms with Crippen molar-refractivity contribution in [2.75, 3.05) is 14.1 Å². The number of halogens is 1. The number of nitrogens with one attached hydrogen (secondary N) is 1. The lowest BCUT2D eigenvalue weighted by atomic mass is 10.3. The van der Waals surface area contributed by atoms with Crippen molar-refractivity contribution in [3.05, 3.63) is 46.9 Å². The van der Waals surface area contributed by atoms with Crippen molar-refractivity contribution in [1.29, 1.82) is 0 Å².